The SMILES string of the molecule is COC1CCC2(C)C(CCC3C2CC(=O)C2(C)C(C(C)CCC(=O)O)CCC32)C1. The van der Waals surface area contributed by atoms with E-state index in [0.717, 1.165) is 25.7 Å². The van der Waals surface area contributed by atoms with Crippen molar-refractivity contribution in [3.63, 3.8) is 0 Å². The highest BCUT2D eigenvalue weighted by Gasteiger charge is 2.63. The van der Waals surface area contributed by atoms with E-state index in [0.29, 0.717) is 59.2 Å². The first-order valence-corrected chi connectivity index (χ1v) is 12.0. The zero-order valence-electron chi connectivity index (χ0n) is 18.8. The van der Waals surface area contributed by atoms with Crippen LogP contribution in [0.1, 0.15) is 85.0 Å². The van der Waals surface area contributed by atoms with Crippen molar-refractivity contribution in [2.24, 2.45) is 46.3 Å². The molecule has 0 heterocycles. The molecule has 29 heavy (non-hydrogen) atoms. The molecular formula is C25H40O4. The minimum Gasteiger partial charge on any atom is -0.481 e. The second kappa shape index (κ2) is 7.66. The molecule has 0 aromatic heterocycles. The summed E-state index contributed by atoms with van der Waals surface area (Å²) in [7, 11) is 1.85. The van der Waals surface area contributed by atoms with Gasteiger partial charge in [-0.1, -0.05) is 20.8 Å². The first-order valence-electron chi connectivity index (χ1n) is 12.0. The fraction of sp³-hybridized carbons (Fsp3) is 0.920. The van der Waals surface area contributed by atoms with E-state index >= 15 is 0 Å². The third kappa shape index (κ3) is 3.28. The summed E-state index contributed by atoms with van der Waals surface area (Å²) >= 11 is 0. The summed E-state index contributed by atoms with van der Waals surface area (Å²) in [4.78, 5) is 24.8. The average molecular weight is 405 g/mol. The highest BCUT2D eigenvalue weighted by atomic mass is 16.5. The number of aliphatic carboxylic acids is 1. The standard InChI is InChI=1S/C25H40O4/c1-15(5-10-23(27)28)19-8-9-20-18-7-6-16-13-17(29-4)11-12-24(16,2)21(18)14-22(26)25(19,20)3/h15-21H,5-14H2,1-4H3,(H,27,28). The summed E-state index contributed by atoms with van der Waals surface area (Å²) in [5, 5.41) is 9.11. The second-order valence-electron chi connectivity index (χ2n) is 11.3. The Morgan fingerprint density at radius 1 is 1.17 bits per heavy atom. The molecule has 9 unspecified atom stereocenters. The zero-order chi connectivity index (χ0) is 21.0. The number of ether oxygens (including phenoxy) is 1. The quantitative estimate of drug-likeness (QED) is 0.672. The summed E-state index contributed by atoms with van der Waals surface area (Å²) in [6.45, 7) is 6.92. The maximum absolute atomic E-state index is 13.7. The van der Waals surface area contributed by atoms with Crippen LogP contribution < -0.4 is 0 Å². The number of hydrogen-bond acceptors (Lipinski definition) is 3. The number of carboxylic acids is 1. The van der Waals surface area contributed by atoms with Crippen LogP contribution in [0.25, 0.3) is 0 Å². The number of carboxylic acid groups (broad SMARTS) is 1. The molecule has 4 rings (SSSR count). The summed E-state index contributed by atoms with van der Waals surface area (Å²) in [6.07, 6.45) is 10.4. The second-order valence-corrected chi connectivity index (χ2v) is 11.3. The molecule has 0 aromatic rings. The lowest BCUT2D eigenvalue weighted by atomic mass is 9.44. The van der Waals surface area contributed by atoms with Gasteiger partial charge >= 0.3 is 5.97 Å². The Labute approximate surface area is 176 Å². The molecule has 1 N–H and O–H groups in total. The van der Waals surface area contributed by atoms with Gasteiger partial charge in [-0.3, -0.25) is 9.59 Å². The Morgan fingerprint density at radius 2 is 1.93 bits per heavy atom. The van der Waals surface area contributed by atoms with Gasteiger partial charge in [0.15, 0.2) is 0 Å². The van der Waals surface area contributed by atoms with Crippen LogP contribution in [0, 0.1) is 46.3 Å². The number of Topliss-reactive ketones (excluding diaryl/α,β-unsaturated/α-hetero) is 1. The Kier molecular flexibility index (Phi) is 5.63. The summed E-state index contributed by atoms with van der Waals surface area (Å²) in [5.41, 5.74) is 0.0635. The van der Waals surface area contributed by atoms with Crippen molar-refractivity contribution < 1.29 is 19.4 Å². The molecule has 4 nitrogen and oxygen atoms in total. The molecule has 4 aliphatic rings. The molecular weight excluding hydrogens is 364 g/mol. The molecule has 0 spiro atoms. The van der Waals surface area contributed by atoms with E-state index in [1.807, 2.05) is 7.11 Å². The molecule has 4 heteroatoms. The van der Waals surface area contributed by atoms with Gasteiger partial charge in [0.2, 0.25) is 0 Å². The fourth-order valence-electron chi connectivity index (χ4n) is 8.63. The molecule has 0 aromatic carbocycles. The van der Waals surface area contributed by atoms with Crippen LogP contribution >= 0.6 is 0 Å². The van der Waals surface area contributed by atoms with Gasteiger partial charge in [-0.15, -0.1) is 0 Å². The molecule has 0 aliphatic heterocycles. The van der Waals surface area contributed by atoms with E-state index in [-0.39, 0.29) is 11.8 Å². The van der Waals surface area contributed by atoms with Crippen molar-refractivity contribution >= 4 is 11.8 Å². The van der Waals surface area contributed by atoms with E-state index in [9.17, 15) is 9.59 Å². The van der Waals surface area contributed by atoms with E-state index in [2.05, 4.69) is 20.8 Å². The van der Waals surface area contributed by atoms with E-state index < -0.39 is 5.97 Å². The van der Waals surface area contributed by atoms with E-state index in [1.54, 1.807) is 0 Å². The van der Waals surface area contributed by atoms with Crippen LogP contribution in [0.5, 0.6) is 0 Å². The third-order valence-electron chi connectivity index (χ3n) is 10.4. The zero-order valence-corrected chi connectivity index (χ0v) is 18.8. The normalized spacial score (nSPS) is 47.8. The van der Waals surface area contributed by atoms with Crippen LogP contribution in [-0.4, -0.2) is 30.1 Å². The van der Waals surface area contributed by atoms with Gasteiger partial charge in [0.05, 0.1) is 6.10 Å². The minimum atomic E-state index is -0.718. The predicted octanol–water partition coefficient (Wildman–Crippen LogP) is 5.34. The smallest absolute Gasteiger partial charge is 0.303 e. The topological polar surface area (TPSA) is 63.6 Å². The Bertz CT molecular complexity index is 659. The number of carbonyl (C=O) groups is 2. The first kappa shape index (κ1) is 21.3. The minimum absolute atomic E-state index is 0.221. The lowest BCUT2D eigenvalue weighted by molar-refractivity contribution is -0.161. The molecule has 4 fully saturated rings. The van der Waals surface area contributed by atoms with E-state index in [1.165, 1.54) is 25.7 Å². The van der Waals surface area contributed by atoms with Crippen molar-refractivity contribution in [2.75, 3.05) is 7.11 Å². The van der Waals surface area contributed by atoms with Crippen LogP contribution in [0.4, 0.5) is 0 Å². The van der Waals surface area contributed by atoms with Gasteiger partial charge in [0.25, 0.3) is 0 Å². The number of ketones is 1. The molecule has 4 aliphatic carbocycles. The van der Waals surface area contributed by atoms with Crippen LogP contribution in [0.15, 0.2) is 0 Å². The molecule has 164 valence electrons. The monoisotopic (exact) mass is 404 g/mol. The number of carbonyl (C=O) groups excluding carboxylic acids is 1. The van der Waals surface area contributed by atoms with Gasteiger partial charge < -0.3 is 9.84 Å². The summed E-state index contributed by atoms with van der Waals surface area (Å²) in [6, 6.07) is 0. The highest BCUT2D eigenvalue weighted by molar-refractivity contribution is 5.87. The fourth-order valence-corrected chi connectivity index (χ4v) is 8.63. The van der Waals surface area contributed by atoms with Crippen LogP contribution in [0.2, 0.25) is 0 Å². The van der Waals surface area contributed by atoms with Gasteiger partial charge in [-0.2, -0.15) is 0 Å². The van der Waals surface area contributed by atoms with E-state index in [4.69, 9.17) is 9.84 Å². The maximum atomic E-state index is 13.7. The molecule has 0 saturated heterocycles. The van der Waals surface area contributed by atoms with Gasteiger partial charge in [0.1, 0.15) is 5.78 Å². The lowest BCUT2D eigenvalue weighted by Gasteiger charge is -2.60. The van der Waals surface area contributed by atoms with Gasteiger partial charge in [-0.25, -0.2) is 0 Å². The number of hydrogen-bond donors (Lipinski definition) is 1. The maximum Gasteiger partial charge on any atom is 0.303 e. The van der Waals surface area contributed by atoms with Crippen molar-refractivity contribution in [2.45, 2.75) is 91.1 Å². The Hall–Kier alpha value is -0.900. The molecule has 9 atom stereocenters. The predicted molar refractivity (Wildman–Crippen MR) is 112 cm³/mol. The van der Waals surface area contributed by atoms with Gasteiger partial charge in [-0.05, 0) is 92.3 Å². The van der Waals surface area contributed by atoms with Crippen LogP contribution in [0.3, 0.4) is 0 Å². The highest BCUT2D eigenvalue weighted by Crippen LogP contribution is 2.67. The Morgan fingerprint density at radius 3 is 2.62 bits per heavy atom. The largest absolute Gasteiger partial charge is 0.481 e. The van der Waals surface area contributed by atoms with Crippen molar-refractivity contribution in [3.8, 4) is 0 Å². The van der Waals surface area contributed by atoms with Crippen molar-refractivity contribution in [1.82, 2.24) is 0 Å². The molecule has 0 amide bonds. The number of fused-ring (bicyclic) bond motifs is 5. The Balaban J connectivity index is 1.56. The molecule has 0 bridgehead atoms. The van der Waals surface area contributed by atoms with Crippen molar-refractivity contribution in [1.29, 1.82) is 0 Å². The molecule has 4 saturated carbocycles. The number of rotatable bonds is 5. The summed E-state index contributed by atoms with van der Waals surface area (Å²) < 4.78 is 5.70. The lowest BCUT2D eigenvalue weighted by Crippen LogP contribution is -2.57. The van der Waals surface area contributed by atoms with Crippen molar-refractivity contribution in [3.05, 3.63) is 0 Å². The average Bonchev–Trinajstić information content (AvgIpc) is 3.05. The third-order valence-corrected chi connectivity index (χ3v) is 10.4. The number of methoxy groups -OCH3 is 1. The first-order chi connectivity index (χ1) is 13.7. The van der Waals surface area contributed by atoms with Crippen LogP contribution in [-0.2, 0) is 14.3 Å². The summed E-state index contributed by atoms with van der Waals surface area (Å²) in [5.74, 6) is 2.86. The van der Waals surface area contributed by atoms with Gasteiger partial charge in [0, 0.05) is 25.4 Å². The molecule has 0 radical (unpaired) electrons.